The first kappa shape index (κ1) is 15.5. The molecule has 1 amide bonds. The van der Waals surface area contributed by atoms with Gasteiger partial charge in [0, 0.05) is 31.4 Å². The smallest absolute Gasteiger partial charge is 0.267 e. The molecule has 2 heterocycles. The summed E-state index contributed by atoms with van der Waals surface area (Å²) in [5.74, 6) is -0.583. The number of halogens is 1. The number of rotatable bonds is 3. The van der Waals surface area contributed by atoms with Crippen molar-refractivity contribution in [1.82, 2.24) is 14.7 Å². The number of carbonyl (C=O) groups is 1. The summed E-state index contributed by atoms with van der Waals surface area (Å²) in [5.41, 5.74) is 2.08. The van der Waals surface area contributed by atoms with Crippen molar-refractivity contribution in [3.8, 4) is 0 Å². The fraction of sp³-hybridized carbons (Fsp3) is 0.375. The van der Waals surface area contributed by atoms with Gasteiger partial charge in [0.1, 0.15) is 5.82 Å². The third-order valence-electron chi connectivity index (χ3n) is 4.32. The molecule has 1 unspecified atom stereocenters. The standard InChI is InChI=1S/C16H19FN4O2/c1-10(15(22)18-12-5-3-4-11(17)8-12)21-7-6-13-14(9-21)20(2)19-16(13)23/h3-5,8,10H,6-7,9H2,1-2H3,(H,18,22)(H,19,23). The highest BCUT2D eigenvalue weighted by Gasteiger charge is 2.28. The quantitative estimate of drug-likeness (QED) is 0.894. The second-order valence-electron chi connectivity index (χ2n) is 5.82. The van der Waals surface area contributed by atoms with Gasteiger partial charge in [-0.2, -0.15) is 0 Å². The summed E-state index contributed by atoms with van der Waals surface area (Å²) in [4.78, 5) is 26.1. The number of H-pyrrole nitrogens is 1. The Bertz CT molecular complexity index is 796. The average molecular weight is 318 g/mol. The topological polar surface area (TPSA) is 70.1 Å². The van der Waals surface area contributed by atoms with Crippen molar-refractivity contribution >= 4 is 11.6 Å². The second-order valence-corrected chi connectivity index (χ2v) is 5.82. The van der Waals surface area contributed by atoms with Crippen LogP contribution in [0.15, 0.2) is 29.1 Å². The number of hydrogen-bond acceptors (Lipinski definition) is 3. The maximum Gasteiger partial charge on any atom is 0.267 e. The van der Waals surface area contributed by atoms with E-state index in [0.29, 0.717) is 25.2 Å². The molecule has 1 aliphatic heterocycles. The predicted octanol–water partition coefficient (Wildman–Crippen LogP) is 1.24. The van der Waals surface area contributed by atoms with E-state index in [1.165, 1.54) is 12.1 Å². The van der Waals surface area contributed by atoms with E-state index in [4.69, 9.17) is 0 Å². The lowest BCUT2D eigenvalue weighted by molar-refractivity contribution is -0.121. The molecule has 122 valence electrons. The second kappa shape index (κ2) is 6.00. The summed E-state index contributed by atoms with van der Waals surface area (Å²) in [5, 5.41) is 5.47. The lowest BCUT2D eigenvalue weighted by Gasteiger charge is -2.31. The van der Waals surface area contributed by atoms with E-state index in [9.17, 15) is 14.0 Å². The number of aromatic amines is 1. The van der Waals surface area contributed by atoms with Crippen molar-refractivity contribution in [2.45, 2.75) is 25.9 Å². The Hall–Kier alpha value is -2.41. The molecule has 3 rings (SSSR count). The molecule has 2 N–H and O–H groups in total. The molecular formula is C16H19FN4O2. The molecule has 7 heteroatoms. The molecule has 0 spiro atoms. The highest BCUT2D eigenvalue weighted by atomic mass is 19.1. The molecule has 1 aromatic heterocycles. The number of fused-ring (bicyclic) bond motifs is 1. The van der Waals surface area contributed by atoms with E-state index >= 15 is 0 Å². The van der Waals surface area contributed by atoms with Crippen LogP contribution in [0.1, 0.15) is 18.2 Å². The van der Waals surface area contributed by atoms with Crippen molar-refractivity contribution in [1.29, 1.82) is 0 Å². The fourth-order valence-electron chi connectivity index (χ4n) is 2.92. The normalized spacial score (nSPS) is 16.0. The van der Waals surface area contributed by atoms with E-state index in [1.54, 1.807) is 23.9 Å². The molecule has 0 bridgehead atoms. The van der Waals surface area contributed by atoms with Gasteiger partial charge < -0.3 is 5.32 Å². The molecular weight excluding hydrogens is 299 g/mol. The van der Waals surface area contributed by atoms with E-state index in [-0.39, 0.29) is 23.3 Å². The molecule has 0 saturated carbocycles. The zero-order valence-electron chi connectivity index (χ0n) is 13.1. The molecule has 1 atom stereocenters. The number of aryl methyl sites for hydroxylation is 1. The third kappa shape index (κ3) is 3.05. The van der Waals surface area contributed by atoms with Crippen LogP contribution >= 0.6 is 0 Å². The van der Waals surface area contributed by atoms with Gasteiger partial charge in [-0.3, -0.25) is 24.3 Å². The van der Waals surface area contributed by atoms with Crippen molar-refractivity contribution in [2.75, 3.05) is 11.9 Å². The zero-order valence-corrected chi connectivity index (χ0v) is 13.1. The van der Waals surface area contributed by atoms with Crippen molar-refractivity contribution in [3.05, 3.63) is 51.7 Å². The highest BCUT2D eigenvalue weighted by Crippen LogP contribution is 2.18. The van der Waals surface area contributed by atoms with E-state index in [1.807, 2.05) is 11.8 Å². The predicted molar refractivity (Wildman–Crippen MR) is 84.6 cm³/mol. The first-order chi connectivity index (χ1) is 11.0. The van der Waals surface area contributed by atoms with Crippen molar-refractivity contribution < 1.29 is 9.18 Å². The van der Waals surface area contributed by atoms with Crippen LogP contribution in [0.4, 0.5) is 10.1 Å². The maximum atomic E-state index is 13.2. The van der Waals surface area contributed by atoms with Crippen LogP contribution in [-0.2, 0) is 24.8 Å². The van der Waals surface area contributed by atoms with Gasteiger partial charge in [0.15, 0.2) is 0 Å². The number of carbonyl (C=O) groups excluding carboxylic acids is 1. The Morgan fingerprint density at radius 3 is 2.96 bits per heavy atom. The van der Waals surface area contributed by atoms with Crippen molar-refractivity contribution in [3.63, 3.8) is 0 Å². The van der Waals surface area contributed by atoms with Crippen LogP contribution in [0.2, 0.25) is 0 Å². The average Bonchev–Trinajstić information content (AvgIpc) is 2.81. The van der Waals surface area contributed by atoms with Crippen LogP contribution in [0, 0.1) is 5.82 Å². The molecule has 6 nitrogen and oxygen atoms in total. The maximum absolute atomic E-state index is 13.2. The summed E-state index contributed by atoms with van der Waals surface area (Å²) >= 11 is 0. The van der Waals surface area contributed by atoms with Crippen LogP contribution < -0.4 is 10.9 Å². The number of anilines is 1. The molecule has 0 aliphatic carbocycles. The summed E-state index contributed by atoms with van der Waals surface area (Å²) < 4.78 is 14.9. The molecule has 2 aromatic rings. The number of nitrogens with zero attached hydrogens (tertiary/aromatic N) is 2. The summed E-state index contributed by atoms with van der Waals surface area (Å²) in [6.45, 7) is 2.98. The molecule has 0 fully saturated rings. The SMILES string of the molecule is CC(C(=O)Nc1cccc(F)c1)N1CCc2c(n(C)[nH]c2=O)C1. The minimum atomic E-state index is -0.389. The third-order valence-corrected chi connectivity index (χ3v) is 4.32. The molecule has 1 aromatic carbocycles. The van der Waals surface area contributed by atoms with Crippen LogP contribution in [-0.4, -0.2) is 33.2 Å². The van der Waals surface area contributed by atoms with Crippen LogP contribution in [0.25, 0.3) is 0 Å². The number of benzene rings is 1. The number of nitrogens with one attached hydrogen (secondary N) is 2. The van der Waals surface area contributed by atoms with E-state index in [2.05, 4.69) is 10.4 Å². The number of aromatic nitrogens is 2. The summed E-state index contributed by atoms with van der Waals surface area (Å²) in [6.07, 6.45) is 0.614. The molecule has 0 radical (unpaired) electrons. The van der Waals surface area contributed by atoms with Crippen LogP contribution in [0.5, 0.6) is 0 Å². The van der Waals surface area contributed by atoms with Gasteiger partial charge in [-0.15, -0.1) is 0 Å². The fourth-order valence-corrected chi connectivity index (χ4v) is 2.92. The summed E-state index contributed by atoms with van der Waals surface area (Å²) in [6, 6.07) is 5.44. The Labute approximate surface area is 132 Å². The zero-order chi connectivity index (χ0) is 16.6. The van der Waals surface area contributed by atoms with Gasteiger partial charge in [-0.05, 0) is 31.5 Å². The number of hydrogen-bond donors (Lipinski definition) is 2. The Morgan fingerprint density at radius 1 is 1.43 bits per heavy atom. The van der Waals surface area contributed by atoms with Crippen molar-refractivity contribution in [2.24, 2.45) is 7.05 Å². The van der Waals surface area contributed by atoms with Gasteiger partial charge in [0.25, 0.3) is 5.56 Å². The number of amides is 1. The van der Waals surface area contributed by atoms with E-state index in [0.717, 1.165) is 11.3 Å². The van der Waals surface area contributed by atoms with Gasteiger partial charge in [0.2, 0.25) is 5.91 Å². The minimum Gasteiger partial charge on any atom is -0.325 e. The monoisotopic (exact) mass is 318 g/mol. The minimum absolute atomic E-state index is 0.0565. The summed E-state index contributed by atoms with van der Waals surface area (Å²) in [7, 11) is 1.79. The van der Waals surface area contributed by atoms with Gasteiger partial charge in [-0.1, -0.05) is 6.07 Å². The Kier molecular flexibility index (Phi) is 4.04. The van der Waals surface area contributed by atoms with Gasteiger partial charge in [-0.25, -0.2) is 4.39 Å². The Morgan fingerprint density at radius 2 is 2.22 bits per heavy atom. The van der Waals surface area contributed by atoms with E-state index < -0.39 is 0 Å². The first-order valence-corrected chi connectivity index (χ1v) is 7.53. The van der Waals surface area contributed by atoms with Gasteiger partial charge >= 0.3 is 0 Å². The largest absolute Gasteiger partial charge is 0.325 e. The molecule has 0 saturated heterocycles. The highest BCUT2D eigenvalue weighted by molar-refractivity contribution is 5.94. The molecule has 1 aliphatic rings. The lowest BCUT2D eigenvalue weighted by Crippen LogP contribution is -2.45. The first-order valence-electron chi connectivity index (χ1n) is 7.53. The lowest BCUT2D eigenvalue weighted by atomic mass is 10.1. The van der Waals surface area contributed by atoms with Crippen LogP contribution in [0.3, 0.4) is 0 Å². The Balaban J connectivity index is 1.71. The van der Waals surface area contributed by atoms with Gasteiger partial charge in [0.05, 0.1) is 11.7 Å². The molecule has 23 heavy (non-hydrogen) atoms.